The average molecular weight is 207 g/mol. The molecule has 0 saturated heterocycles. The molecule has 1 aromatic rings. The molecule has 0 amide bonds. The Kier molecular flexibility index (Phi) is 3.21. The van der Waals surface area contributed by atoms with Crippen molar-refractivity contribution in [1.29, 1.82) is 0 Å². The number of hydrogen-bond acceptors (Lipinski definition) is 2. The molecule has 1 heterocycles. The Morgan fingerprint density at radius 2 is 2.07 bits per heavy atom. The molecule has 0 saturated carbocycles. The van der Waals surface area contributed by atoms with E-state index in [1.807, 2.05) is 0 Å². The summed E-state index contributed by atoms with van der Waals surface area (Å²) >= 11 is 0. The molecule has 80 valence electrons. The van der Waals surface area contributed by atoms with Crippen LogP contribution in [-0.4, -0.2) is 12.7 Å². The summed E-state index contributed by atoms with van der Waals surface area (Å²) in [5.74, 6) is -1.16. The largest absolute Gasteiger partial charge is 0.466 e. The molecule has 5 heteroatoms. The van der Waals surface area contributed by atoms with Crippen molar-refractivity contribution in [3.05, 3.63) is 23.7 Å². The third-order valence-corrected chi connectivity index (χ3v) is 1.96. The highest BCUT2D eigenvalue weighted by molar-refractivity contribution is 5.12. The lowest BCUT2D eigenvalue weighted by Crippen LogP contribution is -2.23. The van der Waals surface area contributed by atoms with Crippen LogP contribution in [0.15, 0.2) is 16.5 Å². The molecule has 0 aromatic carbocycles. The lowest BCUT2D eigenvalue weighted by atomic mass is 10.0. The van der Waals surface area contributed by atoms with Crippen molar-refractivity contribution in [2.75, 3.05) is 6.54 Å². The Bertz CT molecular complexity index is 292. The minimum absolute atomic E-state index is 0.01000. The van der Waals surface area contributed by atoms with Gasteiger partial charge in [0, 0.05) is 0 Å². The number of halogens is 3. The van der Waals surface area contributed by atoms with E-state index in [1.54, 1.807) is 6.92 Å². The molecule has 1 aromatic heterocycles. The van der Waals surface area contributed by atoms with Crippen LogP contribution in [0, 0.1) is 6.92 Å². The fourth-order valence-corrected chi connectivity index (χ4v) is 1.27. The molecule has 0 bridgehead atoms. The molecule has 0 aliphatic rings. The summed E-state index contributed by atoms with van der Waals surface area (Å²) in [6.07, 6.45) is -4.43. The van der Waals surface area contributed by atoms with E-state index in [1.165, 1.54) is 12.1 Å². The van der Waals surface area contributed by atoms with E-state index >= 15 is 0 Å². The maximum absolute atomic E-state index is 12.5. The van der Waals surface area contributed by atoms with Gasteiger partial charge in [0.05, 0.1) is 0 Å². The van der Waals surface area contributed by atoms with Crippen LogP contribution in [0.25, 0.3) is 0 Å². The van der Waals surface area contributed by atoms with Crippen molar-refractivity contribution >= 4 is 0 Å². The molecule has 0 aliphatic heterocycles. The molecule has 0 radical (unpaired) electrons. The molecule has 1 atom stereocenters. The van der Waals surface area contributed by atoms with Crippen molar-refractivity contribution in [2.24, 2.45) is 5.73 Å². The van der Waals surface area contributed by atoms with Gasteiger partial charge in [-0.1, -0.05) is 0 Å². The van der Waals surface area contributed by atoms with E-state index in [4.69, 9.17) is 10.2 Å². The van der Waals surface area contributed by atoms with E-state index < -0.39 is 12.1 Å². The summed E-state index contributed by atoms with van der Waals surface area (Å²) < 4.78 is 42.4. The Labute approximate surface area is 79.9 Å². The zero-order chi connectivity index (χ0) is 10.8. The Balaban J connectivity index is 2.88. The van der Waals surface area contributed by atoms with Crippen LogP contribution in [0.1, 0.15) is 23.9 Å². The third-order valence-electron chi connectivity index (χ3n) is 1.96. The van der Waals surface area contributed by atoms with Crippen molar-refractivity contribution in [1.82, 2.24) is 0 Å². The van der Waals surface area contributed by atoms with Crippen LogP contribution >= 0.6 is 0 Å². The molecule has 0 aliphatic carbocycles. The maximum atomic E-state index is 12.5. The maximum Gasteiger partial charge on any atom is 0.398 e. The molecular formula is C9H12F3NO. The summed E-state index contributed by atoms with van der Waals surface area (Å²) in [4.78, 5) is 0. The predicted molar refractivity (Wildman–Crippen MR) is 45.9 cm³/mol. The fourth-order valence-electron chi connectivity index (χ4n) is 1.27. The van der Waals surface area contributed by atoms with E-state index in [0.717, 1.165) is 0 Å². The summed E-state index contributed by atoms with van der Waals surface area (Å²) in [5.41, 5.74) is 5.13. The van der Waals surface area contributed by atoms with Crippen LogP contribution in [0.3, 0.4) is 0 Å². The van der Waals surface area contributed by atoms with Crippen LogP contribution in [0.2, 0.25) is 0 Å². The van der Waals surface area contributed by atoms with Crippen molar-refractivity contribution in [3.63, 3.8) is 0 Å². The minimum Gasteiger partial charge on any atom is -0.466 e. The topological polar surface area (TPSA) is 39.2 Å². The molecule has 1 rings (SSSR count). The first-order chi connectivity index (χ1) is 6.45. The van der Waals surface area contributed by atoms with Crippen molar-refractivity contribution < 1.29 is 17.6 Å². The number of hydrogen-bond donors (Lipinski definition) is 1. The summed E-state index contributed by atoms with van der Waals surface area (Å²) in [5, 5.41) is 0. The number of alkyl halides is 3. The molecular weight excluding hydrogens is 195 g/mol. The lowest BCUT2D eigenvalue weighted by Gasteiger charge is -2.16. The van der Waals surface area contributed by atoms with Gasteiger partial charge in [0.1, 0.15) is 17.4 Å². The highest BCUT2D eigenvalue weighted by atomic mass is 19.4. The van der Waals surface area contributed by atoms with E-state index in [-0.39, 0.29) is 18.7 Å². The summed E-state index contributed by atoms with van der Waals surface area (Å²) in [7, 11) is 0. The second-order valence-corrected chi connectivity index (χ2v) is 3.12. The number of furan rings is 1. The van der Waals surface area contributed by atoms with E-state index in [0.29, 0.717) is 5.76 Å². The van der Waals surface area contributed by atoms with Gasteiger partial charge in [-0.25, -0.2) is 0 Å². The highest BCUT2D eigenvalue weighted by Crippen LogP contribution is 2.37. The molecule has 2 nitrogen and oxygen atoms in total. The van der Waals surface area contributed by atoms with Crippen LogP contribution < -0.4 is 5.73 Å². The van der Waals surface area contributed by atoms with Crippen LogP contribution in [-0.2, 0) is 0 Å². The first-order valence-corrected chi connectivity index (χ1v) is 4.28. The quantitative estimate of drug-likeness (QED) is 0.827. The third kappa shape index (κ3) is 2.51. The van der Waals surface area contributed by atoms with E-state index in [2.05, 4.69) is 0 Å². The number of rotatable bonds is 3. The Morgan fingerprint density at radius 3 is 2.43 bits per heavy atom. The van der Waals surface area contributed by atoms with Crippen molar-refractivity contribution in [3.8, 4) is 0 Å². The van der Waals surface area contributed by atoms with Gasteiger partial charge < -0.3 is 10.2 Å². The highest BCUT2D eigenvalue weighted by Gasteiger charge is 2.41. The number of aryl methyl sites for hydroxylation is 1. The van der Waals surface area contributed by atoms with Gasteiger partial charge in [0.2, 0.25) is 0 Å². The summed E-state index contributed by atoms with van der Waals surface area (Å²) in [6, 6.07) is 2.87. The molecule has 1 unspecified atom stereocenters. The molecule has 0 fully saturated rings. The predicted octanol–water partition coefficient (Wildman–Crippen LogP) is 2.58. The number of nitrogens with two attached hydrogens (primary N) is 1. The SMILES string of the molecule is Cc1ccc(C(CCN)C(F)(F)F)o1. The molecule has 14 heavy (non-hydrogen) atoms. The zero-order valence-corrected chi connectivity index (χ0v) is 7.77. The van der Waals surface area contributed by atoms with Gasteiger partial charge in [0.25, 0.3) is 0 Å². The van der Waals surface area contributed by atoms with Gasteiger partial charge in [0.15, 0.2) is 0 Å². The molecule has 2 N–H and O–H groups in total. The van der Waals surface area contributed by atoms with Gasteiger partial charge in [-0.05, 0) is 32.0 Å². The van der Waals surface area contributed by atoms with Gasteiger partial charge >= 0.3 is 6.18 Å². The standard InChI is InChI=1S/C9H12F3NO/c1-6-2-3-8(14-6)7(4-5-13)9(10,11)12/h2-3,7H,4-5,13H2,1H3. The first-order valence-electron chi connectivity index (χ1n) is 4.28. The zero-order valence-electron chi connectivity index (χ0n) is 7.77. The molecule has 0 spiro atoms. The normalized spacial score (nSPS) is 14.4. The second kappa shape index (κ2) is 4.04. The Morgan fingerprint density at radius 1 is 1.43 bits per heavy atom. The van der Waals surface area contributed by atoms with Gasteiger partial charge in [-0.15, -0.1) is 0 Å². The smallest absolute Gasteiger partial charge is 0.398 e. The average Bonchev–Trinajstić information content (AvgIpc) is 2.45. The fraction of sp³-hybridized carbons (Fsp3) is 0.556. The van der Waals surface area contributed by atoms with E-state index in [9.17, 15) is 13.2 Å². The minimum atomic E-state index is -4.29. The second-order valence-electron chi connectivity index (χ2n) is 3.12. The van der Waals surface area contributed by atoms with Crippen molar-refractivity contribution in [2.45, 2.75) is 25.4 Å². The first kappa shape index (κ1) is 11.1. The van der Waals surface area contributed by atoms with Gasteiger partial charge in [-0.3, -0.25) is 0 Å². The van der Waals surface area contributed by atoms with Gasteiger partial charge in [-0.2, -0.15) is 13.2 Å². The van der Waals surface area contributed by atoms with Crippen LogP contribution in [0.5, 0.6) is 0 Å². The monoisotopic (exact) mass is 207 g/mol. The summed E-state index contributed by atoms with van der Waals surface area (Å²) in [6.45, 7) is 1.60. The Hall–Kier alpha value is -0.970. The lowest BCUT2D eigenvalue weighted by molar-refractivity contribution is -0.155. The van der Waals surface area contributed by atoms with Crippen LogP contribution in [0.4, 0.5) is 13.2 Å².